The molecule has 2 heterocycles. The third-order valence-corrected chi connectivity index (χ3v) is 2.24. The second kappa shape index (κ2) is 3.52. The summed E-state index contributed by atoms with van der Waals surface area (Å²) in [6.45, 7) is 5.78. The number of furan rings is 1. The molecule has 1 aliphatic rings. The minimum atomic E-state index is 0.0810. The molecule has 1 aromatic heterocycles. The van der Waals surface area contributed by atoms with E-state index in [0.29, 0.717) is 0 Å². The Balaban J connectivity index is 2.08. The SMILES string of the molecule is Cc1ccc(C2CNCC(C)O2)o1. The number of aryl methyl sites for hydroxylation is 1. The summed E-state index contributed by atoms with van der Waals surface area (Å²) in [6.07, 6.45) is 0.349. The number of morpholine rings is 1. The summed E-state index contributed by atoms with van der Waals surface area (Å²) in [5.41, 5.74) is 0. The van der Waals surface area contributed by atoms with Gasteiger partial charge >= 0.3 is 0 Å². The van der Waals surface area contributed by atoms with E-state index < -0.39 is 0 Å². The summed E-state index contributed by atoms with van der Waals surface area (Å²) >= 11 is 0. The van der Waals surface area contributed by atoms with E-state index in [1.165, 1.54) is 0 Å². The van der Waals surface area contributed by atoms with Crippen molar-refractivity contribution in [2.24, 2.45) is 0 Å². The lowest BCUT2D eigenvalue weighted by atomic mass is 10.2. The quantitative estimate of drug-likeness (QED) is 0.715. The molecule has 2 rings (SSSR count). The molecule has 72 valence electrons. The van der Waals surface area contributed by atoms with Crippen LogP contribution >= 0.6 is 0 Å². The van der Waals surface area contributed by atoms with Crippen LogP contribution < -0.4 is 5.32 Å². The van der Waals surface area contributed by atoms with Gasteiger partial charge in [-0.3, -0.25) is 0 Å². The number of nitrogens with one attached hydrogen (secondary N) is 1. The molecule has 0 aliphatic carbocycles. The van der Waals surface area contributed by atoms with Gasteiger partial charge in [0.15, 0.2) is 0 Å². The van der Waals surface area contributed by atoms with Crippen molar-refractivity contribution in [1.82, 2.24) is 5.32 Å². The Morgan fingerprint density at radius 3 is 2.85 bits per heavy atom. The number of hydrogen-bond acceptors (Lipinski definition) is 3. The summed E-state index contributed by atoms with van der Waals surface area (Å²) in [7, 11) is 0. The molecule has 0 saturated carbocycles. The highest BCUT2D eigenvalue weighted by atomic mass is 16.5. The van der Waals surface area contributed by atoms with Gasteiger partial charge in [-0.2, -0.15) is 0 Å². The van der Waals surface area contributed by atoms with Crippen LogP contribution in [0.25, 0.3) is 0 Å². The van der Waals surface area contributed by atoms with Gasteiger partial charge in [-0.1, -0.05) is 0 Å². The first kappa shape index (κ1) is 8.78. The minimum Gasteiger partial charge on any atom is -0.464 e. The van der Waals surface area contributed by atoms with Gasteiger partial charge in [-0.15, -0.1) is 0 Å². The molecule has 0 bridgehead atoms. The topological polar surface area (TPSA) is 34.4 Å². The van der Waals surface area contributed by atoms with Crippen LogP contribution in [0.15, 0.2) is 16.5 Å². The first-order valence-electron chi connectivity index (χ1n) is 4.68. The molecular formula is C10H15NO2. The summed E-state index contributed by atoms with van der Waals surface area (Å²) in [5.74, 6) is 1.87. The molecule has 2 atom stereocenters. The minimum absolute atomic E-state index is 0.0810. The van der Waals surface area contributed by atoms with Crippen molar-refractivity contribution < 1.29 is 9.15 Å². The Hall–Kier alpha value is -0.800. The van der Waals surface area contributed by atoms with Gasteiger partial charge in [0.2, 0.25) is 0 Å². The van der Waals surface area contributed by atoms with Crippen LogP contribution in [0.2, 0.25) is 0 Å². The summed E-state index contributed by atoms with van der Waals surface area (Å²) in [6, 6.07) is 3.96. The van der Waals surface area contributed by atoms with Crippen molar-refractivity contribution >= 4 is 0 Å². The van der Waals surface area contributed by atoms with Crippen LogP contribution in [0.1, 0.15) is 24.5 Å². The highest BCUT2D eigenvalue weighted by Gasteiger charge is 2.22. The zero-order valence-electron chi connectivity index (χ0n) is 8.04. The fourth-order valence-electron chi connectivity index (χ4n) is 1.59. The van der Waals surface area contributed by atoms with Gasteiger partial charge in [0.25, 0.3) is 0 Å². The van der Waals surface area contributed by atoms with Crippen molar-refractivity contribution in [3.05, 3.63) is 23.7 Å². The Morgan fingerprint density at radius 1 is 1.38 bits per heavy atom. The largest absolute Gasteiger partial charge is 0.464 e. The normalized spacial score (nSPS) is 29.1. The lowest BCUT2D eigenvalue weighted by Crippen LogP contribution is -2.38. The maximum atomic E-state index is 5.73. The van der Waals surface area contributed by atoms with E-state index in [-0.39, 0.29) is 12.2 Å². The molecule has 0 amide bonds. The third-order valence-electron chi connectivity index (χ3n) is 2.24. The predicted octanol–water partition coefficient (Wildman–Crippen LogP) is 1.64. The molecule has 1 saturated heterocycles. The molecule has 0 radical (unpaired) electrons. The predicted molar refractivity (Wildman–Crippen MR) is 49.6 cm³/mol. The van der Waals surface area contributed by atoms with Crippen molar-refractivity contribution in [1.29, 1.82) is 0 Å². The molecule has 1 aliphatic heterocycles. The van der Waals surface area contributed by atoms with Gasteiger partial charge in [-0.25, -0.2) is 0 Å². The van der Waals surface area contributed by atoms with Crippen LogP contribution in [-0.4, -0.2) is 19.2 Å². The zero-order chi connectivity index (χ0) is 9.26. The highest BCUT2D eigenvalue weighted by molar-refractivity contribution is 5.09. The van der Waals surface area contributed by atoms with E-state index in [4.69, 9.17) is 9.15 Å². The maximum Gasteiger partial charge on any atom is 0.134 e. The molecule has 1 N–H and O–H groups in total. The summed E-state index contributed by atoms with van der Waals surface area (Å²) in [4.78, 5) is 0. The molecule has 3 nitrogen and oxygen atoms in total. The Kier molecular flexibility index (Phi) is 2.38. The highest BCUT2D eigenvalue weighted by Crippen LogP contribution is 2.22. The van der Waals surface area contributed by atoms with Crippen LogP contribution in [-0.2, 0) is 4.74 Å². The second-order valence-corrected chi connectivity index (χ2v) is 3.54. The number of rotatable bonds is 1. The number of hydrogen-bond donors (Lipinski definition) is 1. The Bertz CT molecular complexity index is 282. The van der Waals surface area contributed by atoms with Crippen LogP contribution in [0.4, 0.5) is 0 Å². The summed E-state index contributed by atoms with van der Waals surface area (Å²) in [5, 5.41) is 3.31. The van der Waals surface area contributed by atoms with E-state index >= 15 is 0 Å². The molecule has 13 heavy (non-hydrogen) atoms. The lowest BCUT2D eigenvalue weighted by Gasteiger charge is -2.27. The van der Waals surface area contributed by atoms with Gasteiger partial charge in [0.05, 0.1) is 6.10 Å². The Labute approximate surface area is 78.1 Å². The van der Waals surface area contributed by atoms with Crippen molar-refractivity contribution in [3.8, 4) is 0 Å². The maximum absolute atomic E-state index is 5.73. The third kappa shape index (κ3) is 1.92. The van der Waals surface area contributed by atoms with Gasteiger partial charge in [0.1, 0.15) is 17.6 Å². The second-order valence-electron chi connectivity index (χ2n) is 3.54. The van der Waals surface area contributed by atoms with E-state index in [1.807, 2.05) is 19.1 Å². The molecule has 1 fully saturated rings. The van der Waals surface area contributed by atoms with Crippen LogP contribution in [0.3, 0.4) is 0 Å². The monoisotopic (exact) mass is 181 g/mol. The molecule has 3 heteroatoms. The fraction of sp³-hybridized carbons (Fsp3) is 0.600. The number of ether oxygens (including phenoxy) is 1. The average Bonchev–Trinajstić information content (AvgIpc) is 2.52. The van der Waals surface area contributed by atoms with E-state index in [1.54, 1.807) is 0 Å². The first-order valence-corrected chi connectivity index (χ1v) is 4.68. The standard InChI is InChI=1S/C10H15NO2/c1-7-3-4-9(12-7)10-6-11-5-8(2)13-10/h3-4,8,10-11H,5-6H2,1-2H3. The van der Waals surface area contributed by atoms with Crippen molar-refractivity contribution in [3.63, 3.8) is 0 Å². The molecule has 0 spiro atoms. The van der Waals surface area contributed by atoms with Crippen molar-refractivity contribution in [2.75, 3.05) is 13.1 Å². The van der Waals surface area contributed by atoms with Crippen LogP contribution in [0.5, 0.6) is 0 Å². The van der Waals surface area contributed by atoms with Crippen LogP contribution in [0, 0.1) is 6.92 Å². The zero-order valence-corrected chi connectivity index (χ0v) is 8.04. The van der Waals surface area contributed by atoms with Gasteiger partial charge in [0, 0.05) is 13.1 Å². The van der Waals surface area contributed by atoms with E-state index in [9.17, 15) is 0 Å². The van der Waals surface area contributed by atoms with Gasteiger partial charge in [-0.05, 0) is 26.0 Å². The van der Waals surface area contributed by atoms with E-state index in [0.717, 1.165) is 24.6 Å². The first-order chi connectivity index (χ1) is 6.25. The fourth-order valence-corrected chi connectivity index (χ4v) is 1.59. The average molecular weight is 181 g/mol. The summed E-state index contributed by atoms with van der Waals surface area (Å²) < 4.78 is 11.2. The van der Waals surface area contributed by atoms with Crippen molar-refractivity contribution in [2.45, 2.75) is 26.1 Å². The van der Waals surface area contributed by atoms with E-state index in [2.05, 4.69) is 12.2 Å². The Morgan fingerprint density at radius 2 is 2.23 bits per heavy atom. The smallest absolute Gasteiger partial charge is 0.134 e. The molecule has 2 unspecified atom stereocenters. The molecule has 1 aromatic rings. The molecular weight excluding hydrogens is 166 g/mol. The molecule has 0 aromatic carbocycles. The lowest BCUT2D eigenvalue weighted by molar-refractivity contribution is -0.0392. The van der Waals surface area contributed by atoms with Gasteiger partial charge < -0.3 is 14.5 Å².